The summed E-state index contributed by atoms with van der Waals surface area (Å²) in [4.78, 5) is 38.2. The summed E-state index contributed by atoms with van der Waals surface area (Å²) in [7, 11) is 0. The van der Waals surface area contributed by atoms with Crippen LogP contribution in [-0.4, -0.2) is 16.3 Å². The highest BCUT2D eigenvalue weighted by atomic mass is 19.1. The molecular weight excluding hydrogens is 433 g/mol. The minimum Gasteiger partial charge on any atom is -0.425 e. The third-order valence-electron chi connectivity index (χ3n) is 5.62. The molecule has 6 heteroatoms. The van der Waals surface area contributed by atoms with Crippen LogP contribution in [0, 0.1) is 5.82 Å². The van der Waals surface area contributed by atoms with Gasteiger partial charge in [0, 0.05) is 21.9 Å². The molecule has 5 rings (SSSR count). The van der Waals surface area contributed by atoms with E-state index in [1.807, 2.05) is 12.1 Å². The summed E-state index contributed by atoms with van der Waals surface area (Å²) in [5.41, 5.74) is 1.95. The smallest absolute Gasteiger partial charge is 0.331 e. The van der Waals surface area contributed by atoms with Gasteiger partial charge in [-0.05, 0) is 72.8 Å². The van der Waals surface area contributed by atoms with Crippen molar-refractivity contribution in [3.8, 4) is 5.75 Å². The number of ether oxygens (including phenoxy) is 1. The van der Waals surface area contributed by atoms with Crippen LogP contribution >= 0.6 is 0 Å². The van der Waals surface area contributed by atoms with Gasteiger partial charge in [-0.1, -0.05) is 24.3 Å². The number of fused-ring (bicyclic) bond motifs is 2. The van der Waals surface area contributed by atoms with Crippen LogP contribution in [0.5, 0.6) is 5.75 Å². The summed E-state index contributed by atoms with van der Waals surface area (Å²) in [6.07, 6.45) is 0. The number of hydrogen-bond donors (Lipinski definition) is 0. The van der Waals surface area contributed by atoms with Crippen LogP contribution in [0.15, 0.2) is 102 Å². The van der Waals surface area contributed by atoms with Gasteiger partial charge >= 0.3 is 5.97 Å². The Morgan fingerprint density at radius 3 is 1.76 bits per heavy atom. The first-order valence-electron chi connectivity index (χ1n) is 10.6. The Balaban J connectivity index is 1.39. The van der Waals surface area contributed by atoms with Crippen molar-refractivity contribution in [1.82, 2.24) is 4.57 Å². The molecule has 0 aliphatic rings. The number of pyridine rings is 1. The molecule has 5 nitrogen and oxygen atoms in total. The molecule has 0 saturated carbocycles. The van der Waals surface area contributed by atoms with Gasteiger partial charge < -0.3 is 9.30 Å². The van der Waals surface area contributed by atoms with Gasteiger partial charge in [-0.2, -0.15) is 0 Å². The number of esters is 1. The molecular formula is C28H18FNO4. The van der Waals surface area contributed by atoms with Crippen LogP contribution in [0.4, 0.5) is 4.39 Å². The van der Waals surface area contributed by atoms with Crippen LogP contribution in [0.3, 0.4) is 0 Å². The number of carbonyl (C=O) groups excluding carboxylic acids is 2. The van der Waals surface area contributed by atoms with E-state index in [4.69, 9.17) is 4.74 Å². The molecule has 0 amide bonds. The second kappa shape index (κ2) is 8.75. The maximum atomic E-state index is 13.1. The van der Waals surface area contributed by atoms with E-state index in [2.05, 4.69) is 0 Å². The van der Waals surface area contributed by atoms with E-state index in [1.165, 1.54) is 36.4 Å². The first-order valence-corrected chi connectivity index (χ1v) is 10.6. The topological polar surface area (TPSA) is 65.4 Å². The predicted octanol–water partition coefficient (Wildman–Crippen LogP) is 5.13. The Labute approximate surface area is 193 Å². The van der Waals surface area contributed by atoms with E-state index in [9.17, 15) is 18.8 Å². The van der Waals surface area contributed by atoms with Gasteiger partial charge in [0.25, 0.3) is 0 Å². The second-order valence-corrected chi connectivity index (χ2v) is 7.78. The molecule has 0 fully saturated rings. The summed E-state index contributed by atoms with van der Waals surface area (Å²) >= 11 is 0. The zero-order valence-electron chi connectivity index (χ0n) is 17.9. The van der Waals surface area contributed by atoms with Gasteiger partial charge in [0.15, 0.2) is 11.2 Å². The lowest BCUT2D eigenvalue weighted by Crippen LogP contribution is -2.20. The standard InChI is InChI=1S/C28H18FNO4/c29-20-13-9-18(10-14-20)27(32)19-11-15-21(16-12-19)34-26(31)17-30-24-7-3-1-5-22(24)28(33)23-6-2-4-8-25(23)30/h1-16H,17H2. The highest BCUT2D eigenvalue weighted by Gasteiger charge is 2.15. The van der Waals surface area contributed by atoms with Gasteiger partial charge in [-0.15, -0.1) is 0 Å². The van der Waals surface area contributed by atoms with Crippen LogP contribution in [-0.2, 0) is 11.3 Å². The number of nitrogens with zero attached hydrogens (tertiary/aromatic N) is 1. The third-order valence-corrected chi connectivity index (χ3v) is 5.62. The third kappa shape index (κ3) is 3.97. The molecule has 1 aromatic heterocycles. The van der Waals surface area contributed by atoms with Gasteiger partial charge in [0.2, 0.25) is 0 Å². The summed E-state index contributed by atoms with van der Waals surface area (Å²) in [5, 5.41) is 1.05. The number of carbonyl (C=O) groups is 2. The van der Waals surface area contributed by atoms with E-state index in [0.717, 1.165) is 0 Å². The molecule has 0 bridgehead atoms. The minimum absolute atomic E-state index is 0.0859. The van der Waals surface area contributed by atoms with Gasteiger partial charge in [0.05, 0.1) is 11.0 Å². The summed E-state index contributed by atoms with van der Waals surface area (Å²) in [5.74, 6) is -0.905. The lowest BCUT2D eigenvalue weighted by atomic mass is 10.0. The molecule has 34 heavy (non-hydrogen) atoms. The molecule has 0 spiro atoms. The van der Waals surface area contributed by atoms with Crippen molar-refractivity contribution in [3.63, 3.8) is 0 Å². The van der Waals surface area contributed by atoms with E-state index in [0.29, 0.717) is 32.9 Å². The highest BCUT2D eigenvalue weighted by molar-refractivity contribution is 6.09. The zero-order valence-corrected chi connectivity index (χ0v) is 17.9. The lowest BCUT2D eigenvalue weighted by Gasteiger charge is -2.14. The monoisotopic (exact) mass is 451 g/mol. The number of halogens is 1. The van der Waals surface area contributed by atoms with Crippen LogP contribution in [0.1, 0.15) is 15.9 Å². The van der Waals surface area contributed by atoms with Crippen molar-refractivity contribution in [1.29, 1.82) is 0 Å². The summed E-state index contributed by atoms with van der Waals surface area (Å²) in [6.45, 7) is -0.0996. The van der Waals surface area contributed by atoms with E-state index >= 15 is 0 Å². The SMILES string of the molecule is O=C(Cn1c2ccccc2c(=O)c2ccccc21)Oc1ccc(C(=O)c2ccc(F)cc2)cc1. The fourth-order valence-electron chi connectivity index (χ4n) is 3.98. The number of aromatic nitrogens is 1. The summed E-state index contributed by atoms with van der Waals surface area (Å²) < 4.78 is 20.4. The summed E-state index contributed by atoms with van der Waals surface area (Å²) in [6, 6.07) is 25.8. The molecule has 0 aliphatic heterocycles. The Morgan fingerprint density at radius 1 is 0.706 bits per heavy atom. The molecule has 0 unspecified atom stereocenters. The fourth-order valence-corrected chi connectivity index (χ4v) is 3.98. The lowest BCUT2D eigenvalue weighted by molar-refractivity contribution is -0.134. The quantitative estimate of drug-likeness (QED) is 0.161. The Kier molecular flexibility index (Phi) is 5.47. The van der Waals surface area contributed by atoms with Crippen molar-refractivity contribution >= 4 is 33.6 Å². The minimum atomic E-state index is -0.517. The van der Waals surface area contributed by atoms with Crippen LogP contribution in [0.2, 0.25) is 0 Å². The van der Waals surface area contributed by atoms with E-state index in [-0.39, 0.29) is 23.5 Å². The molecule has 0 aliphatic carbocycles. The maximum absolute atomic E-state index is 13.1. The van der Waals surface area contributed by atoms with Crippen molar-refractivity contribution in [2.45, 2.75) is 6.54 Å². The van der Waals surface area contributed by atoms with E-state index in [1.54, 1.807) is 53.1 Å². The Morgan fingerprint density at radius 2 is 1.21 bits per heavy atom. The number of rotatable bonds is 5. The molecule has 0 atom stereocenters. The van der Waals surface area contributed by atoms with Gasteiger partial charge in [0.1, 0.15) is 18.1 Å². The van der Waals surface area contributed by atoms with Crippen molar-refractivity contribution in [2.24, 2.45) is 0 Å². The molecule has 166 valence electrons. The zero-order chi connectivity index (χ0) is 23.7. The molecule has 0 N–H and O–H groups in total. The molecule has 1 heterocycles. The molecule has 5 aromatic rings. The molecule has 4 aromatic carbocycles. The van der Waals surface area contributed by atoms with Crippen molar-refractivity contribution in [3.05, 3.63) is 124 Å². The average Bonchev–Trinajstić information content (AvgIpc) is 2.87. The number of para-hydroxylation sites is 2. The van der Waals surface area contributed by atoms with Gasteiger partial charge in [-0.25, -0.2) is 9.18 Å². The largest absolute Gasteiger partial charge is 0.425 e. The maximum Gasteiger partial charge on any atom is 0.331 e. The fraction of sp³-hybridized carbons (Fsp3) is 0.0357. The molecule has 0 saturated heterocycles. The van der Waals surface area contributed by atoms with Crippen LogP contribution < -0.4 is 10.2 Å². The van der Waals surface area contributed by atoms with Crippen LogP contribution in [0.25, 0.3) is 21.8 Å². The van der Waals surface area contributed by atoms with Crippen molar-refractivity contribution in [2.75, 3.05) is 0 Å². The first-order chi connectivity index (χ1) is 16.5. The average molecular weight is 451 g/mol. The predicted molar refractivity (Wildman–Crippen MR) is 128 cm³/mol. The number of benzene rings is 4. The van der Waals surface area contributed by atoms with Gasteiger partial charge in [-0.3, -0.25) is 9.59 Å². The number of hydrogen-bond acceptors (Lipinski definition) is 4. The highest BCUT2D eigenvalue weighted by Crippen LogP contribution is 2.20. The van der Waals surface area contributed by atoms with Crippen molar-refractivity contribution < 1.29 is 18.7 Å². The normalized spacial score (nSPS) is 11.0. The van der Waals surface area contributed by atoms with E-state index < -0.39 is 11.8 Å². The number of ketones is 1. The Hall–Kier alpha value is -4.58. The second-order valence-electron chi connectivity index (χ2n) is 7.78. The Bertz CT molecular complexity index is 1540. The molecule has 0 radical (unpaired) electrons. The first kappa shape index (κ1) is 21.3.